The lowest BCUT2D eigenvalue weighted by atomic mass is 10.3. The van der Waals surface area contributed by atoms with Crippen LogP contribution in [0.25, 0.3) is 0 Å². The monoisotopic (exact) mass is 283 g/mol. The molecule has 0 aliphatic carbocycles. The van der Waals surface area contributed by atoms with Crippen molar-refractivity contribution in [2.45, 2.75) is 4.90 Å². The van der Waals surface area contributed by atoms with Crippen molar-refractivity contribution in [2.24, 2.45) is 0 Å². The summed E-state index contributed by atoms with van der Waals surface area (Å²) < 4.78 is 31.8. The van der Waals surface area contributed by atoms with Crippen molar-refractivity contribution in [1.29, 1.82) is 0 Å². The molecular weight excluding hydrogens is 274 g/mol. The number of nitrogens with one attached hydrogen (secondary N) is 2. The van der Waals surface area contributed by atoms with Crippen LogP contribution in [0.5, 0.6) is 5.75 Å². The minimum atomic E-state index is -3.61. The Labute approximate surface area is 108 Å². The first-order valence-electron chi connectivity index (χ1n) is 5.08. The Morgan fingerprint density at radius 2 is 2.33 bits per heavy atom. The van der Waals surface area contributed by atoms with Crippen molar-refractivity contribution < 1.29 is 13.2 Å². The summed E-state index contributed by atoms with van der Waals surface area (Å²) in [6.45, 7) is 0.360. The summed E-state index contributed by atoms with van der Waals surface area (Å²) in [5.74, 6) is 0.539. The van der Waals surface area contributed by atoms with Gasteiger partial charge >= 0.3 is 0 Å². The molecule has 1 aliphatic rings. The average Bonchev–Trinajstić information content (AvgIpc) is 2.97. The van der Waals surface area contributed by atoms with Crippen molar-refractivity contribution >= 4 is 32.2 Å². The molecule has 18 heavy (non-hydrogen) atoms. The van der Waals surface area contributed by atoms with Gasteiger partial charge in [0.1, 0.15) is 5.75 Å². The number of anilines is 2. The van der Waals surface area contributed by atoms with Crippen LogP contribution in [0, 0.1) is 0 Å². The molecule has 0 radical (unpaired) electrons. The Kier molecular flexibility index (Phi) is 2.60. The fraction of sp³-hybridized carbons (Fsp3) is 0.100. The van der Waals surface area contributed by atoms with Crippen LogP contribution in [0.1, 0.15) is 0 Å². The van der Waals surface area contributed by atoms with Crippen LogP contribution in [0.2, 0.25) is 0 Å². The van der Waals surface area contributed by atoms with Crippen LogP contribution >= 0.6 is 11.3 Å². The molecule has 8 heteroatoms. The Balaban J connectivity index is 1.94. The van der Waals surface area contributed by atoms with Gasteiger partial charge in [-0.25, -0.2) is 13.4 Å². The molecule has 0 spiro atoms. The third-order valence-electron chi connectivity index (χ3n) is 2.41. The van der Waals surface area contributed by atoms with Crippen LogP contribution < -0.4 is 14.8 Å². The highest BCUT2D eigenvalue weighted by Gasteiger charge is 2.19. The van der Waals surface area contributed by atoms with Crippen molar-refractivity contribution in [3.63, 3.8) is 0 Å². The van der Waals surface area contributed by atoms with E-state index in [0.717, 1.165) is 5.69 Å². The summed E-state index contributed by atoms with van der Waals surface area (Å²) in [5.41, 5.74) is 0.795. The second-order valence-electron chi connectivity index (χ2n) is 3.57. The molecular formula is C10H9N3O3S2. The van der Waals surface area contributed by atoms with Crippen molar-refractivity contribution in [3.8, 4) is 5.75 Å². The van der Waals surface area contributed by atoms with Gasteiger partial charge < -0.3 is 10.1 Å². The van der Waals surface area contributed by atoms with Crippen molar-refractivity contribution in [3.05, 3.63) is 29.8 Å². The Bertz CT molecular complexity index is 668. The van der Waals surface area contributed by atoms with E-state index in [4.69, 9.17) is 4.74 Å². The van der Waals surface area contributed by atoms with E-state index in [1.807, 2.05) is 0 Å². The number of aromatic nitrogens is 1. The Morgan fingerprint density at radius 1 is 1.44 bits per heavy atom. The molecule has 1 aliphatic heterocycles. The number of thiazole rings is 1. The molecule has 0 saturated carbocycles. The van der Waals surface area contributed by atoms with E-state index in [0.29, 0.717) is 17.6 Å². The predicted octanol–water partition coefficient (Wildman–Crippen LogP) is 1.71. The highest BCUT2D eigenvalue weighted by Crippen LogP contribution is 2.31. The van der Waals surface area contributed by atoms with Crippen LogP contribution in [0.15, 0.2) is 34.7 Å². The number of hydrogen-bond acceptors (Lipinski definition) is 6. The van der Waals surface area contributed by atoms with Crippen molar-refractivity contribution in [1.82, 2.24) is 4.98 Å². The normalized spacial score (nSPS) is 13.6. The van der Waals surface area contributed by atoms with E-state index in [1.54, 1.807) is 11.4 Å². The summed E-state index contributed by atoms with van der Waals surface area (Å²) in [5, 5.41) is 5.02. The SMILES string of the molecule is O=S(=O)(Nc1nccs1)c1ccc2c(c1)OCN2. The second kappa shape index (κ2) is 4.14. The maximum absolute atomic E-state index is 12.1. The fourth-order valence-corrected chi connectivity index (χ4v) is 3.38. The van der Waals surface area contributed by atoms with Gasteiger partial charge in [0.2, 0.25) is 0 Å². The number of benzene rings is 1. The lowest BCUT2D eigenvalue weighted by molar-refractivity contribution is 0.371. The molecule has 0 saturated heterocycles. The summed E-state index contributed by atoms with van der Waals surface area (Å²) in [7, 11) is -3.61. The largest absolute Gasteiger partial charge is 0.471 e. The minimum absolute atomic E-state index is 0.153. The molecule has 94 valence electrons. The van der Waals surface area contributed by atoms with Crippen LogP contribution in [-0.2, 0) is 10.0 Å². The average molecular weight is 283 g/mol. The van der Waals surface area contributed by atoms with E-state index >= 15 is 0 Å². The van der Waals surface area contributed by atoms with Gasteiger partial charge in [0, 0.05) is 17.6 Å². The first-order chi connectivity index (χ1) is 8.65. The summed E-state index contributed by atoms with van der Waals surface area (Å²) >= 11 is 1.22. The minimum Gasteiger partial charge on any atom is -0.471 e. The van der Waals surface area contributed by atoms with E-state index in [2.05, 4.69) is 15.0 Å². The van der Waals surface area contributed by atoms with Gasteiger partial charge in [-0.1, -0.05) is 0 Å². The van der Waals surface area contributed by atoms with E-state index in [1.165, 1.54) is 29.7 Å². The molecule has 1 aromatic heterocycles. The van der Waals surface area contributed by atoms with Crippen LogP contribution in [-0.4, -0.2) is 20.1 Å². The first kappa shape index (κ1) is 11.3. The number of nitrogens with zero attached hydrogens (tertiary/aromatic N) is 1. The van der Waals surface area contributed by atoms with Gasteiger partial charge in [0.05, 0.1) is 10.6 Å². The topological polar surface area (TPSA) is 80.3 Å². The molecule has 0 atom stereocenters. The maximum atomic E-state index is 12.1. The second-order valence-corrected chi connectivity index (χ2v) is 6.14. The van der Waals surface area contributed by atoms with E-state index in [9.17, 15) is 8.42 Å². The fourth-order valence-electron chi connectivity index (χ4n) is 1.57. The molecule has 2 heterocycles. The molecule has 2 N–H and O–H groups in total. The van der Waals surface area contributed by atoms with Gasteiger partial charge in [-0.2, -0.15) is 0 Å². The van der Waals surface area contributed by atoms with Gasteiger partial charge in [-0.15, -0.1) is 11.3 Å². The number of sulfonamides is 1. The zero-order valence-electron chi connectivity index (χ0n) is 9.08. The standard InChI is InChI=1S/C10H9N3O3S2/c14-18(15,13-10-11-3-4-17-10)7-1-2-8-9(5-7)16-6-12-8/h1-5,12H,6H2,(H,11,13). The van der Waals surface area contributed by atoms with Gasteiger partial charge in [0.25, 0.3) is 10.0 Å². The number of rotatable bonds is 3. The summed E-state index contributed by atoms with van der Waals surface area (Å²) in [6.07, 6.45) is 1.54. The lowest BCUT2D eigenvalue weighted by Crippen LogP contribution is -2.12. The lowest BCUT2D eigenvalue weighted by Gasteiger charge is -2.06. The maximum Gasteiger partial charge on any atom is 0.263 e. The number of hydrogen-bond donors (Lipinski definition) is 2. The van der Waals surface area contributed by atoms with Crippen LogP contribution in [0.3, 0.4) is 0 Å². The van der Waals surface area contributed by atoms with Crippen LogP contribution in [0.4, 0.5) is 10.8 Å². The molecule has 0 unspecified atom stereocenters. The highest BCUT2D eigenvalue weighted by atomic mass is 32.2. The van der Waals surface area contributed by atoms with Gasteiger partial charge in [0.15, 0.2) is 11.9 Å². The molecule has 0 amide bonds. The molecule has 2 aromatic rings. The third kappa shape index (κ3) is 2.00. The van der Waals surface area contributed by atoms with Crippen molar-refractivity contribution in [2.75, 3.05) is 16.8 Å². The zero-order valence-corrected chi connectivity index (χ0v) is 10.7. The Morgan fingerprint density at radius 3 is 3.11 bits per heavy atom. The molecule has 3 rings (SSSR count). The highest BCUT2D eigenvalue weighted by molar-refractivity contribution is 7.93. The van der Waals surface area contributed by atoms with E-state index in [-0.39, 0.29) is 4.90 Å². The smallest absolute Gasteiger partial charge is 0.263 e. The molecule has 6 nitrogen and oxygen atoms in total. The quantitative estimate of drug-likeness (QED) is 0.896. The first-order valence-corrected chi connectivity index (χ1v) is 7.44. The third-order valence-corrected chi connectivity index (χ3v) is 4.56. The number of ether oxygens (including phenoxy) is 1. The molecule has 0 fully saturated rings. The summed E-state index contributed by atoms with van der Waals surface area (Å²) in [6, 6.07) is 4.69. The Hall–Kier alpha value is -1.80. The zero-order chi connectivity index (χ0) is 12.6. The van der Waals surface area contributed by atoms with Gasteiger partial charge in [-0.3, -0.25) is 4.72 Å². The van der Waals surface area contributed by atoms with E-state index < -0.39 is 10.0 Å². The number of fused-ring (bicyclic) bond motifs is 1. The summed E-state index contributed by atoms with van der Waals surface area (Å²) in [4.78, 5) is 4.04. The van der Waals surface area contributed by atoms with Gasteiger partial charge in [-0.05, 0) is 12.1 Å². The predicted molar refractivity (Wildman–Crippen MR) is 68.5 cm³/mol. The molecule has 0 bridgehead atoms. The molecule has 1 aromatic carbocycles.